The van der Waals surface area contributed by atoms with Gasteiger partial charge in [0.05, 0.1) is 17.7 Å². The Morgan fingerprint density at radius 1 is 0.870 bits per heavy atom. The number of carbonyl (C=O) groups is 2. The van der Waals surface area contributed by atoms with E-state index in [-0.39, 0.29) is 29.5 Å². The van der Waals surface area contributed by atoms with Crippen LogP contribution in [0.2, 0.25) is 0 Å². The van der Waals surface area contributed by atoms with Gasteiger partial charge >= 0.3 is 0 Å². The first-order chi connectivity index (χ1) is 21.8. The molecule has 0 bridgehead atoms. The second-order valence-electron chi connectivity index (χ2n) is 12.1. The minimum absolute atomic E-state index is 0.0403. The summed E-state index contributed by atoms with van der Waals surface area (Å²) in [5, 5.41) is 3.04. The molecule has 1 unspecified atom stereocenters. The number of nitrogens with zero attached hydrogens (tertiary/aromatic N) is 2. The maximum absolute atomic E-state index is 14.6. The number of hydrogen-bond donors (Lipinski definition) is 1. The zero-order valence-corrected chi connectivity index (χ0v) is 29.1. The summed E-state index contributed by atoms with van der Waals surface area (Å²) >= 11 is 3.51. The predicted molar refractivity (Wildman–Crippen MR) is 185 cm³/mol. The van der Waals surface area contributed by atoms with Gasteiger partial charge in [-0.25, -0.2) is 8.42 Å². The van der Waals surface area contributed by atoms with Crippen LogP contribution in [0.25, 0.3) is 0 Å². The summed E-state index contributed by atoms with van der Waals surface area (Å²) < 4.78 is 35.7. The molecule has 0 aliphatic rings. The molecule has 242 valence electrons. The molecule has 0 spiro atoms. The van der Waals surface area contributed by atoms with Gasteiger partial charge in [0.15, 0.2) is 0 Å². The summed E-state index contributed by atoms with van der Waals surface area (Å²) in [6.45, 7) is 7.03. The fraction of sp³-hybridized carbons (Fsp3) is 0.278. The van der Waals surface area contributed by atoms with Crippen molar-refractivity contribution in [1.82, 2.24) is 10.2 Å². The Bertz CT molecular complexity index is 1760. The van der Waals surface area contributed by atoms with Gasteiger partial charge in [-0.1, -0.05) is 82.2 Å². The first-order valence-electron chi connectivity index (χ1n) is 14.9. The van der Waals surface area contributed by atoms with Gasteiger partial charge in [0, 0.05) is 29.0 Å². The summed E-state index contributed by atoms with van der Waals surface area (Å²) in [4.78, 5) is 30.1. The van der Waals surface area contributed by atoms with Crippen LogP contribution in [-0.2, 0) is 32.6 Å². The molecule has 0 aromatic heterocycles. The first kappa shape index (κ1) is 34.7. The van der Waals surface area contributed by atoms with Crippen molar-refractivity contribution < 1.29 is 22.7 Å². The average Bonchev–Trinajstić information content (AvgIpc) is 3.01. The highest BCUT2D eigenvalue weighted by Gasteiger charge is 2.35. The number of anilines is 1. The lowest BCUT2D eigenvalue weighted by Crippen LogP contribution is -2.56. The second kappa shape index (κ2) is 15.0. The van der Waals surface area contributed by atoms with E-state index in [1.54, 1.807) is 36.4 Å². The number of amides is 2. The van der Waals surface area contributed by atoms with Crippen LogP contribution >= 0.6 is 15.9 Å². The third kappa shape index (κ3) is 9.20. The van der Waals surface area contributed by atoms with Gasteiger partial charge in [0.25, 0.3) is 10.0 Å². The van der Waals surface area contributed by atoms with Crippen molar-refractivity contribution in [1.29, 1.82) is 0 Å². The SMILES string of the molecule is COc1cccc(N(CC(=O)N(Cc2cccc(Br)c2)C(Cc2ccccc2)C(=O)NC(C)(C)C)S(=O)(=O)c2ccc(C)cc2)c1. The predicted octanol–water partition coefficient (Wildman–Crippen LogP) is 6.52. The molecule has 4 aromatic carbocycles. The highest BCUT2D eigenvalue weighted by atomic mass is 79.9. The molecule has 0 radical (unpaired) electrons. The highest BCUT2D eigenvalue weighted by Crippen LogP contribution is 2.28. The van der Waals surface area contributed by atoms with Gasteiger partial charge in [0.1, 0.15) is 18.3 Å². The Kier molecular flexibility index (Phi) is 11.3. The summed E-state index contributed by atoms with van der Waals surface area (Å²) in [6, 6.07) is 29.0. The van der Waals surface area contributed by atoms with E-state index in [2.05, 4.69) is 21.2 Å². The van der Waals surface area contributed by atoms with Crippen molar-refractivity contribution >= 4 is 43.5 Å². The zero-order valence-electron chi connectivity index (χ0n) is 26.7. The number of hydrogen-bond acceptors (Lipinski definition) is 5. The fourth-order valence-corrected chi connectivity index (χ4v) is 6.82. The molecule has 2 amide bonds. The van der Waals surface area contributed by atoms with Crippen LogP contribution in [0, 0.1) is 6.92 Å². The summed E-state index contributed by atoms with van der Waals surface area (Å²) in [5.41, 5.74) is 2.23. The topological polar surface area (TPSA) is 96.0 Å². The van der Waals surface area contributed by atoms with E-state index in [9.17, 15) is 18.0 Å². The van der Waals surface area contributed by atoms with Crippen LogP contribution in [0.15, 0.2) is 112 Å². The molecule has 1 N–H and O–H groups in total. The molecule has 0 fully saturated rings. The van der Waals surface area contributed by atoms with Crippen molar-refractivity contribution in [3.8, 4) is 5.75 Å². The van der Waals surface area contributed by atoms with Crippen LogP contribution in [0.5, 0.6) is 5.75 Å². The third-order valence-electron chi connectivity index (χ3n) is 7.24. The Morgan fingerprint density at radius 2 is 1.52 bits per heavy atom. The maximum atomic E-state index is 14.6. The number of aryl methyl sites for hydroxylation is 1. The van der Waals surface area contributed by atoms with E-state index in [4.69, 9.17) is 4.74 Å². The van der Waals surface area contributed by atoms with Gasteiger partial charge in [-0.3, -0.25) is 13.9 Å². The van der Waals surface area contributed by atoms with Crippen LogP contribution < -0.4 is 14.4 Å². The summed E-state index contributed by atoms with van der Waals surface area (Å²) in [6.07, 6.45) is 0.229. The molecule has 0 aliphatic heterocycles. The lowest BCUT2D eigenvalue weighted by molar-refractivity contribution is -0.140. The van der Waals surface area contributed by atoms with Crippen molar-refractivity contribution in [3.05, 3.63) is 124 Å². The monoisotopic (exact) mass is 705 g/mol. The van der Waals surface area contributed by atoms with Gasteiger partial charge in [-0.15, -0.1) is 0 Å². The Labute approximate surface area is 280 Å². The number of carbonyl (C=O) groups excluding carboxylic acids is 2. The number of ether oxygens (including phenoxy) is 1. The largest absolute Gasteiger partial charge is 0.497 e. The molecule has 1 atom stereocenters. The molecule has 4 rings (SSSR count). The summed E-state index contributed by atoms with van der Waals surface area (Å²) in [7, 11) is -2.72. The van der Waals surface area contributed by atoms with Crippen LogP contribution in [0.3, 0.4) is 0 Å². The summed E-state index contributed by atoms with van der Waals surface area (Å²) in [5.74, 6) is -0.441. The quantitative estimate of drug-likeness (QED) is 0.181. The number of rotatable bonds is 12. The standard InChI is InChI=1S/C36H40BrN3O5S/c1-26-17-19-32(20-18-26)46(43,44)40(30-15-10-16-31(23-30)45-5)25-34(41)39(24-28-13-9-14-29(37)21-28)33(35(42)38-36(2,3)4)22-27-11-7-6-8-12-27/h6-21,23,33H,22,24-25H2,1-5H3,(H,38,42). The van der Waals surface area contributed by atoms with Gasteiger partial charge < -0.3 is 15.0 Å². The Hall–Kier alpha value is -4.15. The lowest BCUT2D eigenvalue weighted by atomic mass is 10.0. The molecular formula is C36H40BrN3O5S. The van der Waals surface area contributed by atoms with Crippen LogP contribution in [0.4, 0.5) is 5.69 Å². The highest BCUT2D eigenvalue weighted by molar-refractivity contribution is 9.10. The van der Waals surface area contributed by atoms with E-state index in [0.29, 0.717) is 5.75 Å². The minimum Gasteiger partial charge on any atom is -0.497 e. The minimum atomic E-state index is -4.22. The number of halogens is 1. The van der Waals surface area contributed by atoms with Crippen molar-refractivity contribution in [2.24, 2.45) is 0 Å². The molecule has 46 heavy (non-hydrogen) atoms. The van der Waals surface area contributed by atoms with E-state index < -0.39 is 34.1 Å². The van der Waals surface area contributed by atoms with Gasteiger partial charge in [0.2, 0.25) is 11.8 Å². The van der Waals surface area contributed by atoms with Crippen LogP contribution in [-0.4, -0.2) is 50.4 Å². The molecule has 4 aromatic rings. The zero-order chi connectivity index (χ0) is 33.5. The van der Waals surface area contributed by atoms with E-state index >= 15 is 0 Å². The molecule has 0 saturated heterocycles. The molecule has 8 nitrogen and oxygen atoms in total. The second-order valence-corrected chi connectivity index (χ2v) is 14.9. The molecule has 0 saturated carbocycles. The van der Waals surface area contributed by atoms with E-state index in [0.717, 1.165) is 25.5 Å². The van der Waals surface area contributed by atoms with Crippen molar-refractivity contribution in [2.75, 3.05) is 18.0 Å². The van der Waals surface area contributed by atoms with Gasteiger partial charge in [-0.05, 0) is 75.2 Å². The molecule has 0 heterocycles. The average molecular weight is 707 g/mol. The third-order valence-corrected chi connectivity index (χ3v) is 9.52. The van der Waals surface area contributed by atoms with E-state index in [1.807, 2.05) is 82.3 Å². The lowest BCUT2D eigenvalue weighted by Gasteiger charge is -2.35. The van der Waals surface area contributed by atoms with Crippen LogP contribution in [0.1, 0.15) is 37.5 Å². The number of sulfonamides is 1. The van der Waals surface area contributed by atoms with Crippen molar-refractivity contribution in [2.45, 2.75) is 57.1 Å². The van der Waals surface area contributed by atoms with E-state index in [1.165, 1.54) is 24.1 Å². The first-order valence-corrected chi connectivity index (χ1v) is 17.1. The number of methoxy groups -OCH3 is 1. The number of nitrogens with one attached hydrogen (secondary N) is 1. The Morgan fingerprint density at radius 3 is 2.15 bits per heavy atom. The normalized spacial score (nSPS) is 12.2. The number of benzene rings is 4. The fourth-order valence-electron chi connectivity index (χ4n) is 4.97. The molecule has 10 heteroatoms. The smallest absolute Gasteiger partial charge is 0.264 e. The molecule has 0 aliphatic carbocycles. The van der Waals surface area contributed by atoms with Gasteiger partial charge in [-0.2, -0.15) is 0 Å². The Balaban J connectivity index is 1.83. The maximum Gasteiger partial charge on any atom is 0.264 e. The van der Waals surface area contributed by atoms with Crippen molar-refractivity contribution in [3.63, 3.8) is 0 Å². The molecular weight excluding hydrogens is 666 g/mol.